The van der Waals surface area contributed by atoms with Crippen molar-refractivity contribution in [3.63, 3.8) is 0 Å². The van der Waals surface area contributed by atoms with E-state index in [0.717, 1.165) is 55.8 Å². The molecule has 172 valence electrons. The monoisotopic (exact) mass is 445 g/mol. The topological polar surface area (TPSA) is 70.4 Å². The average Bonchev–Trinajstić information content (AvgIpc) is 3.24. The van der Waals surface area contributed by atoms with Gasteiger partial charge in [0.15, 0.2) is 5.96 Å². The Labute approximate surface area is 191 Å². The second-order valence-electron chi connectivity index (χ2n) is 8.82. The average molecular weight is 446 g/mol. The number of hydrogen-bond donors (Lipinski definition) is 2. The zero-order chi connectivity index (χ0) is 22.4. The fourth-order valence-corrected chi connectivity index (χ4v) is 4.88. The van der Waals surface area contributed by atoms with Crippen LogP contribution in [0.3, 0.4) is 0 Å². The number of aliphatic imine (C=N–C) groups is 1. The van der Waals surface area contributed by atoms with Crippen molar-refractivity contribution in [3.8, 4) is 0 Å². The first kappa shape index (κ1) is 23.7. The van der Waals surface area contributed by atoms with Gasteiger partial charge in [-0.15, -0.1) is 11.3 Å². The van der Waals surface area contributed by atoms with Gasteiger partial charge in [-0.05, 0) is 78.5 Å². The largest absolute Gasteiger partial charge is 0.357 e. The lowest BCUT2D eigenvalue weighted by atomic mass is 9.97. The number of nitrogens with one attached hydrogen (secondary N) is 2. The van der Waals surface area contributed by atoms with E-state index >= 15 is 0 Å². The van der Waals surface area contributed by atoms with Crippen LogP contribution in [0.15, 0.2) is 10.4 Å². The number of nitrogens with zero attached hydrogens (tertiary/aromatic N) is 5. The van der Waals surface area contributed by atoms with Crippen LogP contribution in [-0.2, 0) is 20.0 Å². The van der Waals surface area contributed by atoms with Crippen molar-refractivity contribution >= 4 is 17.3 Å². The van der Waals surface area contributed by atoms with Gasteiger partial charge in [-0.25, -0.2) is 4.98 Å². The van der Waals surface area contributed by atoms with E-state index in [0.29, 0.717) is 12.0 Å². The molecule has 1 aliphatic heterocycles. The first-order valence-corrected chi connectivity index (χ1v) is 12.4. The number of likely N-dealkylation sites (tertiary alicyclic amines) is 1. The van der Waals surface area contributed by atoms with Gasteiger partial charge in [-0.3, -0.25) is 14.6 Å². The summed E-state index contributed by atoms with van der Waals surface area (Å²) in [6.07, 6.45) is 3.36. The van der Waals surface area contributed by atoms with Crippen molar-refractivity contribution in [1.29, 1.82) is 0 Å². The number of rotatable bonds is 8. The molecule has 0 amide bonds. The summed E-state index contributed by atoms with van der Waals surface area (Å²) in [5.41, 5.74) is 4.91. The van der Waals surface area contributed by atoms with E-state index < -0.39 is 0 Å². The number of aryl methyl sites for hydroxylation is 3. The second-order valence-corrected chi connectivity index (χ2v) is 9.88. The lowest BCUT2D eigenvalue weighted by Crippen LogP contribution is -2.43. The third-order valence-corrected chi connectivity index (χ3v) is 6.99. The summed E-state index contributed by atoms with van der Waals surface area (Å²) in [6, 6.07) is 0.294. The molecule has 1 atom stereocenters. The highest BCUT2D eigenvalue weighted by atomic mass is 32.1. The van der Waals surface area contributed by atoms with E-state index in [1.165, 1.54) is 29.8 Å². The van der Waals surface area contributed by atoms with Crippen molar-refractivity contribution in [2.24, 2.45) is 18.0 Å². The van der Waals surface area contributed by atoms with Crippen LogP contribution in [0.5, 0.6) is 0 Å². The van der Waals surface area contributed by atoms with Gasteiger partial charge in [-0.1, -0.05) is 0 Å². The van der Waals surface area contributed by atoms with E-state index in [1.807, 2.05) is 11.7 Å². The molecule has 2 aromatic heterocycles. The minimum absolute atomic E-state index is 0.294. The Kier molecular flexibility index (Phi) is 8.49. The van der Waals surface area contributed by atoms with Gasteiger partial charge in [0.2, 0.25) is 0 Å². The Morgan fingerprint density at radius 2 is 2.03 bits per heavy atom. The molecular weight excluding hydrogens is 406 g/mol. The SMILES string of the molecule is CCNC(=NCC1CCN(Cc2csc(C)n2)CC1)NC(C)Cc1c(C)nn(C)c1C. The van der Waals surface area contributed by atoms with Crippen LogP contribution in [0.2, 0.25) is 0 Å². The maximum Gasteiger partial charge on any atom is 0.191 e. The van der Waals surface area contributed by atoms with E-state index in [-0.39, 0.29) is 0 Å². The van der Waals surface area contributed by atoms with Crippen LogP contribution in [-0.4, -0.2) is 57.8 Å². The summed E-state index contributed by atoms with van der Waals surface area (Å²) in [5, 5.41) is 14.9. The number of hydrogen-bond acceptors (Lipinski definition) is 5. The zero-order valence-corrected chi connectivity index (χ0v) is 20.8. The highest BCUT2D eigenvalue weighted by molar-refractivity contribution is 7.09. The summed E-state index contributed by atoms with van der Waals surface area (Å²) < 4.78 is 1.97. The standard InChI is InChI=1S/C23H39N7S/c1-7-24-23(26-16(2)12-22-17(3)28-29(6)18(22)4)25-13-20-8-10-30(11-9-20)14-21-15-31-19(5)27-21/h15-16,20H,7-14H2,1-6H3,(H2,24,25,26). The Morgan fingerprint density at radius 3 is 2.61 bits per heavy atom. The van der Waals surface area contributed by atoms with Crippen molar-refractivity contribution in [2.75, 3.05) is 26.2 Å². The molecule has 31 heavy (non-hydrogen) atoms. The van der Waals surface area contributed by atoms with Gasteiger partial charge in [0.1, 0.15) is 0 Å². The van der Waals surface area contributed by atoms with Crippen LogP contribution in [0, 0.1) is 26.7 Å². The van der Waals surface area contributed by atoms with Crippen molar-refractivity contribution in [1.82, 2.24) is 30.3 Å². The molecule has 7 nitrogen and oxygen atoms in total. The molecule has 0 aliphatic carbocycles. The van der Waals surface area contributed by atoms with E-state index in [1.54, 1.807) is 11.3 Å². The third kappa shape index (κ3) is 6.77. The Balaban J connectivity index is 1.48. The van der Waals surface area contributed by atoms with Crippen LogP contribution >= 0.6 is 11.3 Å². The number of guanidine groups is 1. The summed E-state index contributed by atoms with van der Waals surface area (Å²) in [4.78, 5) is 12.1. The van der Waals surface area contributed by atoms with Crippen molar-refractivity contribution in [3.05, 3.63) is 33.0 Å². The maximum absolute atomic E-state index is 4.93. The predicted molar refractivity (Wildman–Crippen MR) is 130 cm³/mol. The molecule has 1 aliphatic rings. The number of aromatic nitrogens is 3. The van der Waals surface area contributed by atoms with Gasteiger partial charge in [0, 0.05) is 43.8 Å². The molecule has 1 fully saturated rings. The molecule has 8 heteroatoms. The predicted octanol–water partition coefficient (Wildman–Crippen LogP) is 3.20. The van der Waals surface area contributed by atoms with E-state index in [4.69, 9.17) is 4.99 Å². The smallest absolute Gasteiger partial charge is 0.191 e. The van der Waals surface area contributed by atoms with Crippen LogP contribution < -0.4 is 10.6 Å². The summed E-state index contributed by atoms with van der Waals surface area (Å²) in [7, 11) is 2.01. The molecule has 0 aromatic carbocycles. The molecule has 1 unspecified atom stereocenters. The minimum Gasteiger partial charge on any atom is -0.357 e. The molecule has 0 saturated carbocycles. The molecule has 2 N–H and O–H groups in total. The Morgan fingerprint density at radius 1 is 1.29 bits per heavy atom. The molecular formula is C23H39N7S. The molecule has 0 spiro atoms. The molecule has 0 bridgehead atoms. The summed E-state index contributed by atoms with van der Waals surface area (Å²) in [6.45, 7) is 15.7. The number of piperidine rings is 1. The first-order chi connectivity index (χ1) is 14.9. The highest BCUT2D eigenvalue weighted by Gasteiger charge is 2.20. The van der Waals surface area contributed by atoms with E-state index in [9.17, 15) is 0 Å². The Bertz CT molecular complexity index is 861. The van der Waals surface area contributed by atoms with Gasteiger partial charge >= 0.3 is 0 Å². The fraction of sp³-hybridized carbons (Fsp3) is 0.696. The van der Waals surface area contributed by atoms with Crippen molar-refractivity contribution in [2.45, 2.75) is 66.5 Å². The minimum atomic E-state index is 0.294. The third-order valence-electron chi connectivity index (χ3n) is 6.16. The van der Waals surface area contributed by atoms with Crippen LogP contribution in [0.1, 0.15) is 54.3 Å². The number of thiazole rings is 1. The molecule has 1 saturated heterocycles. The fourth-order valence-electron chi connectivity index (χ4n) is 4.28. The summed E-state index contributed by atoms with van der Waals surface area (Å²) in [5.74, 6) is 1.58. The lowest BCUT2D eigenvalue weighted by Gasteiger charge is -2.31. The molecule has 0 radical (unpaired) electrons. The second kappa shape index (κ2) is 11.1. The van der Waals surface area contributed by atoms with E-state index in [2.05, 4.69) is 65.6 Å². The van der Waals surface area contributed by atoms with Gasteiger partial charge < -0.3 is 10.6 Å². The maximum atomic E-state index is 4.93. The van der Waals surface area contributed by atoms with Gasteiger partial charge in [0.25, 0.3) is 0 Å². The molecule has 3 heterocycles. The van der Waals surface area contributed by atoms with Crippen molar-refractivity contribution < 1.29 is 0 Å². The normalized spacial score (nSPS) is 17.2. The first-order valence-electron chi connectivity index (χ1n) is 11.5. The molecule has 3 rings (SSSR count). The highest BCUT2D eigenvalue weighted by Crippen LogP contribution is 2.20. The lowest BCUT2D eigenvalue weighted by molar-refractivity contribution is 0.179. The van der Waals surface area contributed by atoms with Crippen LogP contribution in [0.25, 0.3) is 0 Å². The van der Waals surface area contributed by atoms with Gasteiger partial charge in [-0.2, -0.15) is 5.10 Å². The van der Waals surface area contributed by atoms with Gasteiger partial charge in [0.05, 0.1) is 16.4 Å². The summed E-state index contributed by atoms with van der Waals surface area (Å²) >= 11 is 1.74. The quantitative estimate of drug-likeness (QED) is 0.482. The Hall–Kier alpha value is -1.93. The zero-order valence-electron chi connectivity index (χ0n) is 20.0. The van der Waals surface area contributed by atoms with Crippen LogP contribution in [0.4, 0.5) is 0 Å². The molecule has 2 aromatic rings.